The second-order valence-corrected chi connectivity index (χ2v) is 8.32. The number of aromatic nitrogens is 1. The van der Waals surface area contributed by atoms with Gasteiger partial charge in [0.2, 0.25) is 0 Å². The van der Waals surface area contributed by atoms with Gasteiger partial charge in [0.15, 0.2) is 5.82 Å². The predicted molar refractivity (Wildman–Crippen MR) is 95.2 cm³/mol. The van der Waals surface area contributed by atoms with Gasteiger partial charge in [-0.3, -0.25) is 9.19 Å². The van der Waals surface area contributed by atoms with Crippen molar-refractivity contribution in [2.24, 2.45) is 0 Å². The first-order valence-corrected chi connectivity index (χ1v) is 9.58. The summed E-state index contributed by atoms with van der Waals surface area (Å²) in [5.74, 6) is 0.223. The molecule has 3 rings (SSSR count). The fourth-order valence-corrected chi connectivity index (χ4v) is 5.27. The van der Waals surface area contributed by atoms with E-state index in [1.165, 1.54) is 6.20 Å². The Kier molecular flexibility index (Phi) is 4.61. The van der Waals surface area contributed by atoms with E-state index in [-0.39, 0.29) is 10.6 Å². The quantitative estimate of drug-likeness (QED) is 0.830. The summed E-state index contributed by atoms with van der Waals surface area (Å²) in [6.07, 6.45) is 3.17. The number of hydrogen-bond donors (Lipinski definition) is 0. The van der Waals surface area contributed by atoms with Gasteiger partial charge in [-0.2, -0.15) is 0 Å². The molecule has 1 aromatic heterocycles. The van der Waals surface area contributed by atoms with Crippen LogP contribution in [0, 0.1) is 5.82 Å². The molecule has 1 aromatic carbocycles. The fourth-order valence-electron chi connectivity index (χ4n) is 3.29. The zero-order valence-electron chi connectivity index (χ0n) is 13.3. The molecule has 3 nitrogen and oxygen atoms in total. The lowest BCUT2D eigenvalue weighted by Crippen LogP contribution is -2.53. The molecule has 1 aliphatic heterocycles. The molecule has 6 heteroatoms. The van der Waals surface area contributed by atoms with Crippen LogP contribution in [0.25, 0.3) is 10.9 Å². The summed E-state index contributed by atoms with van der Waals surface area (Å²) in [6, 6.07) is 5.23. The Bertz CT molecular complexity index is 764. The zero-order chi connectivity index (χ0) is 16.6. The first kappa shape index (κ1) is 16.7. The van der Waals surface area contributed by atoms with E-state index < -0.39 is 10.8 Å². The molecule has 0 amide bonds. The predicted octanol–water partition coefficient (Wildman–Crippen LogP) is 4.15. The average Bonchev–Trinajstić information content (AvgIpc) is 2.57. The monoisotopic (exact) mass is 354 g/mol. The third kappa shape index (κ3) is 2.74. The van der Waals surface area contributed by atoms with Gasteiger partial charge in [-0.1, -0.05) is 25.4 Å². The van der Waals surface area contributed by atoms with E-state index in [1.54, 1.807) is 12.1 Å². The summed E-state index contributed by atoms with van der Waals surface area (Å²) >= 11 is 6.12. The van der Waals surface area contributed by atoms with Crippen LogP contribution in [0.2, 0.25) is 5.02 Å². The molecule has 0 bridgehead atoms. The topological polar surface area (TPSA) is 33.2 Å². The van der Waals surface area contributed by atoms with Gasteiger partial charge in [-0.25, -0.2) is 4.39 Å². The van der Waals surface area contributed by atoms with E-state index in [0.717, 1.165) is 12.8 Å². The lowest BCUT2D eigenvalue weighted by Gasteiger charge is -2.42. The van der Waals surface area contributed by atoms with Crippen LogP contribution in [0.15, 0.2) is 24.4 Å². The molecule has 1 fully saturated rings. The number of pyridine rings is 1. The summed E-state index contributed by atoms with van der Waals surface area (Å²) in [7, 11) is -0.869. The van der Waals surface area contributed by atoms with Crippen molar-refractivity contribution >= 4 is 39.0 Å². The van der Waals surface area contributed by atoms with Crippen molar-refractivity contribution in [3.05, 3.63) is 35.2 Å². The highest BCUT2D eigenvalue weighted by atomic mass is 35.5. The van der Waals surface area contributed by atoms with Gasteiger partial charge in [0.1, 0.15) is 5.52 Å². The van der Waals surface area contributed by atoms with Crippen molar-refractivity contribution in [2.45, 2.75) is 31.4 Å². The number of rotatable bonds is 3. The maximum Gasteiger partial charge on any atom is 0.172 e. The molecule has 1 aliphatic rings. The molecule has 0 saturated carbocycles. The molecule has 23 heavy (non-hydrogen) atoms. The molecule has 2 heterocycles. The van der Waals surface area contributed by atoms with Crippen molar-refractivity contribution in [3.8, 4) is 0 Å². The van der Waals surface area contributed by atoms with Crippen molar-refractivity contribution in [1.82, 2.24) is 4.98 Å². The minimum absolute atomic E-state index is 0.262. The molecule has 1 atom stereocenters. The summed E-state index contributed by atoms with van der Waals surface area (Å²) in [5, 5.41) is 1.12. The van der Waals surface area contributed by atoms with Gasteiger partial charge < -0.3 is 4.90 Å². The number of halogens is 2. The van der Waals surface area contributed by atoms with Crippen LogP contribution >= 0.6 is 11.6 Å². The van der Waals surface area contributed by atoms with E-state index in [4.69, 9.17) is 11.6 Å². The number of benzene rings is 1. The van der Waals surface area contributed by atoms with Crippen molar-refractivity contribution in [2.75, 3.05) is 23.7 Å². The minimum Gasteiger partial charge on any atom is -0.367 e. The lowest BCUT2D eigenvalue weighted by atomic mass is 10.0. The van der Waals surface area contributed by atoms with E-state index in [9.17, 15) is 8.60 Å². The normalized spacial score (nSPS) is 20.9. The van der Waals surface area contributed by atoms with Crippen LogP contribution < -0.4 is 4.90 Å². The SMILES string of the molecule is CCC1(CC)CN(c2ccc3c(Cl)ccnc3c2F)CCS1=O. The second kappa shape index (κ2) is 6.36. The standard InChI is InChI=1S/C17H20ClFN2OS/c1-3-17(4-2)11-21(9-10-23(17)22)14-6-5-12-13(18)7-8-20-16(12)15(14)19/h5-8H,3-4,9-11H2,1-2H3. The lowest BCUT2D eigenvalue weighted by molar-refractivity contribution is 0.492. The van der Waals surface area contributed by atoms with Crippen LogP contribution in [0.5, 0.6) is 0 Å². The van der Waals surface area contributed by atoms with Crippen molar-refractivity contribution in [1.29, 1.82) is 0 Å². The maximum atomic E-state index is 15.0. The first-order chi connectivity index (χ1) is 11.0. The van der Waals surface area contributed by atoms with Crippen molar-refractivity contribution in [3.63, 3.8) is 0 Å². The molecule has 0 spiro atoms. The largest absolute Gasteiger partial charge is 0.367 e. The second-order valence-electron chi connectivity index (χ2n) is 5.95. The highest BCUT2D eigenvalue weighted by Crippen LogP contribution is 2.35. The molecule has 0 radical (unpaired) electrons. The van der Waals surface area contributed by atoms with E-state index in [0.29, 0.717) is 40.5 Å². The average molecular weight is 355 g/mol. The van der Waals surface area contributed by atoms with Crippen LogP contribution in [-0.4, -0.2) is 32.8 Å². The maximum absolute atomic E-state index is 15.0. The van der Waals surface area contributed by atoms with Gasteiger partial charge in [0, 0.05) is 41.2 Å². The van der Waals surface area contributed by atoms with Crippen LogP contribution in [0.1, 0.15) is 26.7 Å². The van der Waals surface area contributed by atoms with E-state index in [1.807, 2.05) is 11.0 Å². The summed E-state index contributed by atoms with van der Waals surface area (Å²) in [4.78, 5) is 6.15. The molecule has 2 aromatic rings. The third-order valence-electron chi connectivity index (χ3n) is 4.92. The minimum atomic E-state index is -0.869. The van der Waals surface area contributed by atoms with E-state index >= 15 is 0 Å². The highest BCUT2D eigenvalue weighted by Gasteiger charge is 2.39. The van der Waals surface area contributed by atoms with Gasteiger partial charge in [0.05, 0.1) is 15.5 Å². The molecular weight excluding hydrogens is 335 g/mol. The number of anilines is 1. The highest BCUT2D eigenvalue weighted by molar-refractivity contribution is 7.86. The molecule has 1 unspecified atom stereocenters. The third-order valence-corrected chi connectivity index (χ3v) is 7.47. The van der Waals surface area contributed by atoms with Gasteiger partial charge >= 0.3 is 0 Å². The Morgan fingerprint density at radius 1 is 1.35 bits per heavy atom. The van der Waals surface area contributed by atoms with Gasteiger partial charge in [0.25, 0.3) is 0 Å². The van der Waals surface area contributed by atoms with Crippen molar-refractivity contribution < 1.29 is 8.60 Å². The molecule has 1 saturated heterocycles. The van der Waals surface area contributed by atoms with Gasteiger partial charge in [-0.15, -0.1) is 0 Å². The first-order valence-electron chi connectivity index (χ1n) is 7.88. The van der Waals surface area contributed by atoms with Gasteiger partial charge in [-0.05, 0) is 31.0 Å². The Labute approximate surface area is 143 Å². The van der Waals surface area contributed by atoms with E-state index in [2.05, 4.69) is 18.8 Å². The smallest absolute Gasteiger partial charge is 0.172 e. The van der Waals surface area contributed by atoms with Crippen LogP contribution in [0.3, 0.4) is 0 Å². The number of hydrogen-bond acceptors (Lipinski definition) is 3. The number of nitrogens with zero attached hydrogens (tertiary/aromatic N) is 2. The van der Waals surface area contributed by atoms with Crippen LogP contribution in [0.4, 0.5) is 10.1 Å². The molecular formula is C17H20ClFN2OS. The summed E-state index contributed by atoms with van der Waals surface area (Å²) in [5.41, 5.74) is 0.815. The number of fused-ring (bicyclic) bond motifs is 1. The Balaban J connectivity index is 2.04. The Morgan fingerprint density at radius 2 is 2.09 bits per heavy atom. The fraction of sp³-hybridized carbons (Fsp3) is 0.471. The molecule has 0 N–H and O–H groups in total. The molecule has 0 aliphatic carbocycles. The summed E-state index contributed by atoms with van der Waals surface area (Å²) in [6.45, 7) is 5.32. The molecule has 124 valence electrons. The zero-order valence-corrected chi connectivity index (χ0v) is 14.9. The van der Waals surface area contributed by atoms with Crippen LogP contribution in [-0.2, 0) is 10.8 Å². The Morgan fingerprint density at radius 3 is 2.78 bits per heavy atom. The Hall–Kier alpha value is -1.20. The summed E-state index contributed by atoms with van der Waals surface area (Å²) < 4.78 is 27.1.